The van der Waals surface area contributed by atoms with Crippen molar-refractivity contribution in [2.24, 2.45) is 0 Å². The van der Waals surface area contributed by atoms with Crippen molar-refractivity contribution < 1.29 is 4.79 Å². The minimum atomic E-state index is 0.220. The van der Waals surface area contributed by atoms with E-state index in [1.807, 2.05) is 0 Å². The van der Waals surface area contributed by atoms with E-state index in [4.69, 9.17) is 0 Å². The fourth-order valence-corrected chi connectivity index (χ4v) is 2.25. The van der Waals surface area contributed by atoms with Crippen LogP contribution in [0.4, 0.5) is 0 Å². The van der Waals surface area contributed by atoms with Crippen molar-refractivity contribution in [1.29, 1.82) is 0 Å². The molecule has 2 rings (SSSR count). The third kappa shape index (κ3) is 2.25. The highest BCUT2D eigenvalue weighted by Crippen LogP contribution is 2.11. The van der Waals surface area contributed by atoms with Gasteiger partial charge in [0, 0.05) is 44.7 Å². The van der Waals surface area contributed by atoms with Gasteiger partial charge in [0.05, 0.1) is 0 Å². The summed E-state index contributed by atoms with van der Waals surface area (Å²) >= 11 is 0. The molecule has 0 spiro atoms. The Balaban J connectivity index is 1.81. The summed E-state index contributed by atoms with van der Waals surface area (Å²) in [5, 5.41) is 6.39. The van der Waals surface area contributed by atoms with Gasteiger partial charge in [0.2, 0.25) is 5.91 Å². The summed E-state index contributed by atoms with van der Waals surface area (Å²) in [6, 6.07) is 0.990. The highest BCUT2D eigenvalue weighted by Gasteiger charge is 2.26. The maximum Gasteiger partial charge on any atom is 0.220 e. The van der Waals surface area contributed by atoms with Crippen LogP contribution in [0.15, 0.2) is 0 Å². The zero-order chi connectivity index (χ0) is 9.97. The molecule has 14 heavy (non-hydrogen) atoms. The van der Waals surface area contributed by atoms with Crippen molar-refractivity contribution in [3.8, 4) is 0 Å². The van der Waals surface area contributed by atoms with Gasteiger partial charge in [-0.1, -0.05) is 0 Å². The predicted octanol–water partition coefficient (Wildman–Crippen LogP) is -0.441. The fourth-order valence-electron chi connectivity index (χ4n) is 2.25. The molecule has 0 aromatic rings. The molecule has 2 atom stereocenters. The number of hydrogen-bond acceptors (Lipinski definition) is 3. The lowest BCUT2D eigenvalue weighted by Crippen LogP contribution is -2.53. The molecule has 1 amide bonds. The lowest BCUT2D eigenvalue weighted by molar-refractivity contribution is -0.119. The molecule has 0 aromatic heterocycles. The van der Waals surface area contributed by atoms with Crippen molar-refractivity contribution in [3.63, 3.8) is 0 Å². The van der Waals surface area contributed by atoms with Crippen LogP contribution in [0, 0.1) is 0 Å². The molecule has 2 aliphatic rings. The topological polar surface area (TPSA) is 44.4 Å². The number of nitrogens with zero attached hydrogens (tertiary/aromatic N) is 1. The summed E-state index contributed by atoms with van der Waals surface area (Å²) in [6.07, 6.45) is 1.72. The van der Waals surface area contributed by atoms with Crippen LogP contribution in [0.25, 0.3) is 0 Å². The molecule has 2 saturated heterocycles. The molecular weight excluding hydrogens is 178 g/mol. The Morgan fingerprint density at radius 2 is 2.43 bits per heavy atom. The second-order valence-corrected chi connectivity index (χ2v) is 4.35. The van der Waals surface area contributed by atoms with Crippen LogP contribution in [0.2, 0.25) is 0 Å². The number of piperazine rings is 1. The smallest absolute Gasteiger partial charge is 0.220 e. The number of hydrogen-bond donors (Lipinski definition) is 2. The molecule has 2 aliphatic heterocycles. The van der Waals surface area contributed by atoms with Gasteiger partial charge < -0.3 is 10.6 Å². The number of nitrogens with one attached hydrogen (secondary N) is 2. The van der Waals surface area contributed by atoms with Gasteiger partial charge in [-0.2, -0.15) is 0 Å². The van der Waals surface area contributed by atoms with Gasteiger partial charge in [0.25, 0.3) is 0 Å². The van der Waals surface area contributed by atoms with Gasteiger partial charge in [0.1, 0.15) is 0 Å². The zero-order valence-electron chi connectivity index (χ0n) is 8.75. The number of rotatable bonds is 2. The lowest BCUT2D eigenvalue weighted by atomic mass is 10.1. The van der Waals surface area contributed by atoms with Gasteiger partial charge in [-0.3, -0.25) is 9.69 Å². The summed E-state index contributed by atoms with van der Waals surface area (Å²) in [5.41, 5.74) is 0. The average Bonchev–Trinajstić information content (AvgIpc) is 2.56. The lowest BCUT2D eigenvalue weighted by Gasteiger charge is -2.35. The van der Waals surface area contributed by atoms with Crippen molar-refractivity contribution in [3.05, 3.63) is 0 Å². The maximum atomic E-state index is 11.0. The van der Waals surface area contributed by atoms with Gasteiger partial charge in [-0.25, -0.2) is 0 Å². The average molecular weight is 197 g/mol. The Labute approximate surface area is 85.0 Å². The Hall–Kier alpha value is -0.610. The maximum absolute atomic E-state index is 11.0. The first-order chi connectivity index (χ1) is 6.75. The monoisotopic (exact) mass is 197 g/mol. The number of carbonyl (C=O) groups excluding carboxylic acids is 1. The van der Waals surface area contributed by atoms with Crippen molar-refractivity contribution in [1.82, 2.24) is 15.5 Å². The standard InChI is InChI=1S/C10H19N3O/c1-8-6-11-4-5-13(8)7-9-2-3-10(14)12-9/h8-9,11H,2-7H2,1H3,(H,12,14)/t8-,9?/m0/s1. The third-order valence-electron chi connectivity index (χ3n) is 3.18. The van der Waals surface area contributed by atoms with E-state index in [0.717, 1.165) is 32.6 Å². The summed E-state index contributed by atoms with van der Waals surface area (Å²) < 4.78 is 0. The summed E-state index contributed by atoms with van der Waals surface area (Å²) in [7, 11) is 0. The van der Waals surface area contributed by atoms with E-state index in [0.29, 0.717) is 18.5 Å². The van der Waals surface area contributed by atoms with Crippen LogP contribution >= 0.6 is 0 Å². The minimum Gasteiger partial charge on any atom is -0.352 e. The molecule has 4 heteroatoms. The first-order valence-corrected chi connectivity index (χ1v) is 5.50. The largest absolute Gasteiger partial charge is 0.352 e. The first-order valence-electron chi connectivity index (χ1n) is 5.50. The van der Waals surface area contributed by atoms with Gasteiger partial charge in [-0.05, 0) is 13.3 Å². The van der Waals surface area contributed by atoms with Crippen LogP contribution < -0.4 is 10.6 Å². The molecule has 0 aromatic carbocycles. The Kier molecular flexibility index (Phi) is 3.03. The quantitative estimate of drug-likeness (QED) is 0.631. The molecule has 0 saturated carbocycles. The van der Waals surface area contributed by atoms with Gasteiger partial charge in [0.15, 0.2) is 0 Å². The SMILES string of the molecule is C[C@H]1CNCCN1CC1CCC(=O)N1. The molecule has 0 radical (unpaired) electrons. The molecule has 2 fully saturated rings. The summed E-state index contributed by atoms with van der Waals surface area (Å²) in [6.45, 7) is 6.51. The van der Waals surface area contributed by atoms with Gasteiger partial charge >= 0.3 is 0 Å². The molecule has 2 heterocycles. The van der Waals surface area contributed by atoms with Crippen LogP contribution in [0.1, 0.15) is 19.8 Å². The molecule has 0 aliphatic carbocycles. The second-order valence-electron chi connectivity index (χ2n) is 4.35. The van der Waals surface area contributed by atoms with Crippen molar-refractivity contribution >= 4 is 5.91 Å². The van der Waals surface area contributed by atoms with E-state index >= 15 is 0 Å². The zero-order valence-corrected chi connectivity index (χ0v) is 8.75. The van der Waals surface area contributed by atoms with E-state index in [1.54, 1.807) is 0 Å². The molecule has 80 valence electrons. The summed E-state index contributed by atoms with van der Waals surface area (Å²) in [5.74, 6) is 0.220. The third-order valence-corrected chi connectivity index (χ3v) is 3.18. The minimum absolute atomic E-state index is 0.220. The first kappa shape index (κ1) is 9.93. The van der Waals surface area contributed by atoms with Crippen LogP contribution in [-0.2, 0) is 4.79 Å². The molecular formula is C10H19N3O. The van der Waals surface area contributed by atoms with Crippen molar-refractivity contribution in [2.75, 3.05) is 26.2 Å². The summed E-state index contributed by atoms with van der Waals surface area (Å²) in [4.78, 5) is 13.5. The van der Waals surface area contributed by atoms with E-state index < -0.39 is 0 Å². The van der Waals surface area contributed by atoms with Crippen LogP contribution in [0.5, 0.6) is 0 Å². The van der Waals surface area contributed by atoms with Crippen LogP contribution in [-0.4, -0.2) is 49.1 Å². The number of amides is 1. The molecule has 2 N–H and O–H groups in total. The van der Waals surface area contributed by atoms with Crippen LogP contribution in [0.3, 0.4) is 0 Å². The fraction of sp³-hybridized carbons (Fsp3) is 0.900. The Morgan fingerprint density at radius 1 is 1.57 bits per heavy atom. The van der Waals surface area contributed by atoms with E-state index in [9.17, 15) is 4.79 Å². The highest BCUT2D eigenvalue weighted by molar-refractivity contribution is 5.78. The van der Waals surface area contributed by atoms with Crippen molar-refractivity contribution in [2.45, 2.75) is 31.8 Å². The van der Waals surface area contributed by atoms with E-state index in [1.165, 1.54) is 0 Å². The highest BCUT2D eigenvalue weighted by atomic mass is 16.1. The number of carbonyl (C=O) groups is 1. The Bertz CT molecular complexity index is 219. The molecule has 4 nitrogen and oxygen atoms in total. The van der Waals surface area contributed by atoms with E-state index in [2.05, 4.69) is 22.5 Å². The predicted molar refractivity (Wildman–Crippen MR) is 55.1 cm³/mol. The molecule has 1 unspecified atom stereocenters. The van der Waals surface area contributed by atoms with E-state index in [-0.39, 0.29) is 5.91 Å². The normalized spacial score (nSPS) is 34.5. The molecule has 0 bridgehead atoms. The Morgan fingerprint density at radius 3 is 3.07 bits per heavy atom. The van der Waals surface area contributed by atoms with Gasteiger partial charge in [-0.15, -0.1) is 0 Å². The second kappa shape index (κ2) is 4.28.